The fourth-order valence-electron chi connectivity index (χ4n) is 1.69. The molecule has 0 heterocycles. The van der Waals surface area contributed by atoms with Crippen LogP contribution in [0.25, 0.3) is 11.1 Å². The van der Waals surface area contributed by atoms with Gasteiger partial charge in [0.15, 0.2) is 0 Å². The van der Waals surface area contributed by atoms with Crippen LogP contribution in [0.5, 0.6) is 0 Å². The van der Waals surface area contributed by atoms with Gasteiger partial charge in [-0.05, 0) is 29.3 Å². The quantitative estimate of drug-likeness (QED) is 0.753. The van der Waals surface area contributed by atoms with Gasteiger partial charge in [0.1, 0.15) is 0 Å². The normalized spacial score (nSPS) is 11.6. The van der Waals surface area contributed by atoms with Gasteiger partial charge in [0, 0.05) is 0 Å². The van der Waals surface area contributed by atoms with E-state index in [9.17, 15) is 13.2 Å². The zero-order chi connectivity index (χ0) is 13.3. The number of hydrogen-bond donors (Lipinski definition) is 1. The van der Waals surface area contributed by atoms with E-state index in [-0.39, 0.29) is 11.3 Å². The maximum Gasteiger partial charge on any atom is 0.417 e. The van der Waals surface area contributed by atoms with Crippen LogP contribution in [0.2, 0.25) is 5.02 Å². The third-order valence-corrected chi connectivity index (χ3v) is 2.88. The van der Waals surface area contributed by atoms with Crippen molar-refractivity contribution in [2.75, 3.05) is 5.73 Å². The van der Waals surface area contributed by atoms with Gasteiger partial charge < -0.3 is 5.73 Å². The summed E-state index contributed by atoms with van der Waals surface area (Å²) in [5, 5.41) is 0.322. The van der Waals surface area contributed by atoms with Crippen molar-refractivity contribution in [1.29, 1.82) is 0 Å². The Kier molecular flexibility index (Phi) is 3.22. The molecule has 0 spiro atoms. The van der Waals surface area contributed by atoms with E-state index in [4.69, 9.17) is 17.3 Å². The summed E-state index contributed by atoms with van der Waals surface area (Å²) in [6, 6.07) is 9.79. The average Bonchev–Trinajstić information content (AvgIpc) is 2.32. The maximum atomic E-state index is 12.9. The SMILES string of the molecule is Nc1cc(-c2ccccc2C(F)(F)F)ccc1Cl. The van der Waals surface area contributed by atoms with Crippen molar-refractivity contribution in [1.82, 2.24) is 0 Å². The number of nitrogens with two attached hydrogens (primary N) is 1. The molecule has 0 aliphatic carbocycles. The molecule has 0 unspecified atom stereocenters. The van der Waals surface area contributed by atoms with Crippen LogP contribution in [0.15, 0.2) is 42.5 Å². The van der Waals surface area contributed by atoms with Crippen molar-refractivity contribution in [3.8, 4) is 11.1 Å². The minimum Gasteiger partial charge on any atom is -0.398 e. The fraction of sp³-hybridized carbons (Fsp3) is 0.0769. The Morgan fingerprint density at radius 2 is 1.67 bits per heavy atom. The highest BCUT2D eigenvalue weighted by Crippen LogP contribution is 2.38. The number of hydrogen-bond acceptors (Lipinski definition) is 1. The molecule has 0 bridgehead atoms. The van der Waals surface area contributed by atoms with E-state index in [1.54, 1.807) is 6.07 Å². The van der Waals surface area contributed by atoms with Crippen LogP contribution in [-0.4, -0.2) is 0 Å². The van der Waals surface area contributed by atoms with E-state index in [2.05, 4.69) is 0 Å². The smallest absolute Gasteiger partial charge is 0.398 e. The fourth-order valence-corrected chi connectivity index (χ4v) is 1.81. The summed E-state index contributed by atoms with van der Waals surface area (Å²) >= 11 is 5.75. The van der Waals surface area contributed by atoms with Gasteiger partial charge >= 0.3 is 6.18 Å². The summed E-state index contributed by atoms with van der Waals surface area (Å²) in [6.07, 6.45) is -4.40. The van der Waals surface area contributed by atoms with Crippen LogP contribution < -0.4 is 5.73 Å². The standard InChI is InChI=1S/C13H9ClF3N/c14-11-6-5-8(7-12(11)18)9-3-1-2-4-10(9)13(15,16)17/h1-7H,18H2. The molecule has 2 N–H and O–H groups in total. The first-order valence-corrected chi connectivity index (χ1v) is 5.49. The Morgan fingerprint density at radius 3 is 2.28 bits per heavy atom. The number of rotatable bonds is 1. The van der Waals surface area contributed by atoms with Gasteiger partial charge in [-0.3, -0.25) is 0 Å². The van der Waals surface area contributed by atoms with Gasteiger partial charge in [0.25, 0.3) is 0 Å². The third-order valence-electron chi connectivity index (χ3n) is 2.54. The minimum absolute atomic E-state index is 0.0911. The molecule has 2 rings (SSSR count). The first-order valence-electron chi connectivity index (χ1n) is 5.11. The van der Waals surface area contributed by atoms with Crippen LogP contribution >= 0.6 is 11.6 Å². The summed E-state index contributed by atoms with van der Waals surface area (Å²) < 4.78 is 38.6. The van der Waals surface area contributed by atoms with E-state index in [1.807, 2.05) is 0 Å². The van der Waals surface area contributed by atoms with Crippen molar-refractivity contribution in [2.45, 2.75) is 6.18 Å². The number of nitrogen functional groups attached to an aromatic ring is 1. The zero-order valence-corrected chi connectivity index (χ0v) is 9.89. The Hall–Kier alpha value is -1.68. The predicted molar refractivity (Wildman–Crippen MR) is 66.3 cm³/mol. The van der Waals surface area contributed by atoms with Crippen molar-refractivity contribution < 1.29 is 13.2 Å². The Bertz CT molecular complexity index is 579. The van der Waals surface area contributed by atoms with Crippen LogP contribution in [-0.2, 0) is 6.18 Å². The summed E-state index contributed by atoms with van der Waals surface area (Å²) in [6.45, 7) is 0. The molecular weight excluding hydrogens is 263 g/mol. The zero-order valence-electron chi connectivity index (χ0n) is 9.13. The lowest BCUT2D eigenvalue weighted by atomic mass is 9.99. The molecule has 5 heteroatoms. The maximum absolute atomic E-state index is 12.9. The summed E-state index contributed by atoms with van der Waals surface area (Å²) in [5.41, 5.74) is 5.66. The minimum atomic E-state index is -4.40. The van der Waals surface area contributed by atoms with Crippen molar-refractivity contribution in [3.63, 3.8) is 0 Å². The van der Waals surface area contributed by atoms with Crippen LogP contribution in [0.1, 0.15) is 5.56 Å². The highest BCUT2D eigenvalue weighted by molar-refractivity contribution is 6.33. The molecule has 0 amide bonds. The average molecular weight is 272 g/mol. The van der Waals surface area contributed by atoms with E-state index in [1.165, 1.54) is 30.3 Å². The number of alkyl halides is 3. The molecule has 2 aromatic rings. The summed E-state index contributed by atoms with van der Waals surface area (Å²) in [7, 11) is 0. The summed E-state index contributed by atoms with van der Waals surface area (Å²) in [4.78, 5) is 0. The molecule has 18 heavy (non-hydrogen) atoms. The van der Waals surface area contributed by atoms with Gasteiger partial charge in [-0.15, -0.1) is 0 Å². The van der Waals surface area contributed by atoms with Crippen LogP contribution in [0.4, 0.5) is 18.9 Å². The highest BCUT2D eigenvalue weighted by Gasteiger charge is 2.33. The monoisotopic (exact) mass is 271 g/mol. The molecule has 0 saturated heterocycles. The molecule has 0 saturated carbocycles. The van der Waals surface area contributed by atoms with Crippen LogP contribution in [0, 0.1) is 0 Å². The van der Waals surface area contributed by atoms with E-state index in [0.717, 1.165) is 6.07 Å². The summed E-state index contributed by atoms with van der Waals surface area (Å²) in [5.74, 6) is 0. The second kappa shape index (κ2) is 4.53. The third kappa shape index (κ3) is 2.43. The van der Waals surface area contributed by atoms with Gasteiger partial charge in [0.2, 0.25) is 0 Å². The van der Waals surface area contributed by atoms with Gasteiger partial charge in [-0.25, -0.2) is 0 Å². The van der Waals surface area contributed by atoms with E-state index in [0.29, 0.717) is 10.6 Å². The lowest BCUT2D eigenvalue weighted by Crippen LogP contribution is -2.06. The molecule has 1 nitrogen and oxygen atoms in total. The van der Waals surface area contributed by atoms with Gasteiger partial charge in [-0.2, -0.15) is 13.2 Å². The molecule has 0 atom stereocenters. The van der Waals surface area contributed by atoms with E-state index >= 15 is 0 Å². The molecule has 0 aromatic heterocycles. The molecule has 0 radical (unpaired) electrons. The largest absolute Gasteiger partial charge is 0.417 e. The second-order valence-corrected chi connectivity index (χ2v) is 4.19. The van der Waals surface area contributed by atoms with E-state index < -0.39 is 11.7 Å². The molecule has 0 fully saturated rings. The number of halogens is 4. The highest BCUT2D eigenvalue weighted by atomic mass is 35.5. The first kappa shape index (κ1) is 12.8. The Morgan fingerprint density at radius 1 is 1.00 bits per heavy atom. The number of anilines is 1. The number of benzene rings is 2. The molecule has 0 aliphatic heterocycles. The Labute approximate surface area is 107 Å². The van der Waals surface area contributed by atoms with Gasteiger partial charge in [0.05, 0.1) is 16.3 Å². The molecule has 0 aliphatic rings. The Balaban J connectivity index is 2.61. The first-order chi connectivity index (χ1) is 8.39. The van der Waals surface area contributed by atoms with Crippen molar-refractivity contribution in [3.05, 3.63) is 53.1 Å². The van der Waals surface area contributed by atoms with Crippen molar-refractivity contribution >= 4 is 17.3 Å². The van der Waals surface area contributed by atoms with Gasteiger partial charge in [-0.1, -0.05) is 35.9 Å². The van der Waals surface area contributed by atoms with Crippen LogP contribution in [0.3, 0.4) is 0 Å². The lowest BCUT2D eigenvalue weighted by molar-refractivity contribution is -0.137. The molecule has 2 aromatic carbocycles. The molecule has 94 valence electrons. The predicted octanol–water partition coefficient (Wildman–Crippen LogP) is 4.61. The van der Waals surface area contributed by atoms with Crippen molar-refractivity contribution in [2.24, 2.45) is 0 Å². The topological polar surface area (TPSA) is 26.0 Å². The molecular formula is C13H9ClF3N. The lowest BCUT2D eigenvalue weighted by Gasteiger charge is -2.13. The second-order valence-electron chi connectivity index (χ2n) is 3.78.